The highest BCUT2D eigenvalue weighted by atomic mass is 19.1. The first kappa shape index (κ1) is 58.1. The molecule has 414 valence electrons. The third kappa shape index (κ3) is 15.8. The topological polar surface area (TPSA) is 192 Å². The lowest BCUT2D eigenvalue weighted by atomic mass is 9.55. The van der Waals surface area contributed by atoms with E-state index >= 15 is 4.79 Å². The van der Waals surface area contributed by atoms with Gasteiger partial charge < -0.3 is 39.3 Å². The summed E-state index contributed by atoms with van der Waals surface area (Å²) in [5.74, 6) is -2.75. The molecule has 0 unspecified atom stereocenters. The van der Waals surface area contributed by atoms with Crippen molar-refractivity contribution in [2.45, 2.75) is 147 Å². The van der Waals surface area contributed by atoms with Gasteiger partial charge in [0.15, 0.2) is 0 Å². The van der Waals surface area contributed by atoms with Crippen molar-refractivity contribution in [1.29, 1.82) is 0 Å². The molecule has 6 atom stereocenters. The molecule has 1 heterocycles. The van der Waals surface area contributed by atoms with Crippen LogP contribution in [0.2, 0.25) is 0 Å². The molecular weight excluding hydrogens is 984 g/mol. The lowest BCUT2D eigenvalue weighted by Crippen LogP contribution is -2.70. The Hall–Kier alpha value is -6.62. The maximum atomic E-state index is 15.1. The van der Waals surface area contributed by atoms with E-state index in [1.165, 1.54) is 86.2 Å². The van der Waals surface area contributed by atoms with E-state index in [2.05, 4.69) is 24.9 Å². The minimum Gasteiger partial charge on any atom is -0.459 e. The minimum absolute atomic E-state index is 0.00222. The third-order valence-electron chi connectivity index (χ3n) is 15.0. The van der Waals surface area contributed by atoms with E-state index in [9.17, 15) is 29.5 Å². The number of oxime groups is 1. The van der Waals surface area contributed by atoms with Crippen LogP contribution in [-0.2, 0) is 22.7 Å². The molecule has 3 N–H and O–H groups in total. The fourth-order valence-electron chi connectivity index (χ4n) is 11.3. The van der Waals surface area contributed by atoms with Crippen molar-refractivity contribution in [2.75, 3.05) is 26.4 Å². The Bertz CT molecular complexity index is 2580. The summed E-state index contributed by atoms with van der Waals surface area (Å²) in [5.41, 5.74) is 3.32. The summed E-state index contributed by atoms with van der Waals surface area (Å²) in [6, 6.07) is 24.8. The number of unbranched alkanes of at least 4 members (excludes halogenated alkanes) is 11. The van der Waals surface area contributed by atoms with Gasteiger partial charge in [0.1, 0.15) is 35.7 Å². The summed E-state index contributed by atoms with van der Waals surface area (Å²) < 4.78 is 41.1. The number of nitro benzene ring substituents is 1. The van der Waals surface area contributed by atoms with Crippen LogP contribution in [0.15, 0.2) is 127 Å². The van der Waals surface area contributed by atoms with E-state index < -0.39 is 46.6 Å². The van der Waals surface area contributed by atoms with Gasteiger partial charge in [-0.3, -0.25) is 15.0 Å². The predicted molar refractivity (Wildman–Crippen MR) is 293 cm³/mol. The number of allylic oxidation sites excluding steroid dienone is 1. The van der Waals surface area contributed by atoms with Gasteiger partial charge >= 0.3 is 12.2 Å². The Kier molecular flexibility index (Phi) is 22.5. The number of rotatable bonds is 31. The number of non-ortho nitro benzene ring substituents is 1. The molecule has 0 saturated heterocycles. The largest absolute Gasteiger partial charge is 0.459 e. The Morgan fingerprint density at radius 2 is 1.52 bits per heavy atom. The van der Waals surface area contributed by atoms with Crippen molar-refractivity contribution in [1.82, 2.24) is 10.2 Å². The van der Waals surface area contributed by atoms with Crippen LogP contribution >= 0.6 is 0 Å². The number of nitrogens with one attached hydrogen (secondary N) is 1. The zero-order chi connectivity index (χ0) is 54.4. The Morgan fingerprint density at radius 1 is 0.844 bits per heavy atom. The van der Waals surface area contributed by atoms with Crippen LogP contribution in [0.3, 0.4) is 0 Å². The van der Waals surface area contributed by atoms with Crippen LogP contribution in [0.25, 0.3) is 0 Å². The standard InChI is InChI=1S/C61H77FN4O11/c1-3-5-6-7-8-9-10-11-12-18-35-63-59(69)75-50-33-34-55-53(40-50)57-51(24-17-20-37-68)46(23-16-19-36-67)39-52-54(64-74-43-45-21-14-13-15-22-45)41-56(61(77-55,58(52)57)73-38-4-2)65(42-44-25-27-47(62)28-26-44)60(70)76-49-31-29-48(30-32-49)66(71)72/h4,13-15,21-22,25-34,39-40,46,51,56-58,67-68H,2-3,5-12,16-20,23-24,35-38,41-43H2,1H3,(H,63,69)/t46-,51+,56-,57+,58+,61+/m0/s1. The Balaban J connectivity index is 1.32. The molecule has 1 saturated carbocycles. The molecule has 0 bridgehead atoms. The number of hydrogen-bond acceptors (Lipinski definition) is 12. The quantitative estimate of drug-likeness (QED) is 0.0188. The van der Waals surface area contributed by atoms with Gasteiger partial charge in [-0.15, -0.1) is 6.58 Å². The number of fused-ring (bicyclic) bond motifs is 2. The Morgan fingerprint density at radius 3 is 2.19 bits per heavy atom. The molecular formula is C61H77FN4O11. The van der Waals surface area contributed by atoms with Gasteiger partial charge in [-0.2, -0.15) is 0 Å². The number of nitro groups is 1. The molecule has 1 aliphatic heterocycles. The fraction of sp³-hybridized carbons (Fsp3) is 0.492. The van der Waals surface area contributed by atoms with Crippen molar-refractivity contribution in [3.63, 3.8) is 0 Å². The first-order valence-corrected chi connectivity index (χ1v) is 27.8. The summed E-state index contributed by atoms with van der Waals surface area (Å²) in [5, 5.41) is 39.6. The lowest BCUT2D eigenvalue weighted by molar-refractivity contribution is -0.384. The molecule has 0 aromatic heterocycles. The van der Waals surface area contributed by atoms with Crippen molar-refractivity contribution >= 4 is 23.6 Å². The van der Waals surface area contributed by atoms with Crippen molar-refractivity contribution in [2.24, 2.45) is 22.9 Å². The second-order valence-electron chi connectivity index (χ2n) is 20.4. The van der Waals surface area contributed by atoms with Gasteiger partial charge in [0.25, 0.3) is 5.69 Å². The number of carbonyl (C=O) groups is 2. The zero-order valence-corrected chi connectivity index (χ0v) is 44.5. The van der Waals surface area contributed by atoms with Crippen LogP contribution in [0.1, 0.15) is 139 Å². The number of hydrogen-bond donors (Lipinski definition) is 3. The molecule has 4 aromatic carbocycles. The summed E-state index contributed by atoms with van der Waals surface area (Å²) in [6.07, 6.45) is 18.1. The number of carbonyl (C=O) groups excluding carboxylic acids is 2. The van der Waals surface area contributed by atoms with Gasteiger partial charge in [-0.05, 0) is 103 Å². The number of ether oxygens (including phenoxy) is 4. The normalized spacial score (nSPS) is 20.7. The number of amides is 2. The van der Waals surface area contributed by atoms with Crippen LogP contribution in [0.5, 0.6) is 17.2 Å². The third-order valence-corrected chi connectivity index (χ3v) is 15.0. The maximum absolute atomic E-state index is 15.1. The molecule has 7 rings (SSSR count). The average Bonchev–Trinajstić information content (AvgIpc) is 3.56. The molecule has 0 radical (unpaired) electrons. The average molecular weight is 1060 g/mol. The van der Waals surface area contributed by atoms with Gasteiger partial charge in [-0.1, -0.05) is 137 Å². The summed E-state index contributed by atoms with van der Waals surface area (Å²) >= 11 is 0. The predicted octanol–water partition coefficient (Wildman–Crippen LogP) is 13.3. The molecule has 77 heavy (non-hydrogen) atoms. The number of aliphatic hydroxyl groups excluding tert-OH is 2. The minimum atomic E-state index is -1.70. The molecule has 15 nitrogen and oxygen atoms in total. The van der Waals surface area contributed by atoms with Crippen LogP contribution in [0, 0.1) is 33.7 Å². The molecule has 2 aliphatic carbocycles. The molecule has 4 aromatic rings. The van der Waals surface area contributed by atoms with E-state index in [0.29, 0.717) is 61.4 Å². The summed E-state index contributed by atoms with van der Waals surface area (Å²) in [6.45, 7) is 6.76. The fourth-order valence-corrected chi connectivity index (χ4v) is 11.3. The van der Waals surface area contributed by atoms with Gasteiger partial charge in [0, 0.05) is 56.3 Å². The van der Waals surface area contributed by atoms with Crippen LogP contribution < -0.4 is 19.5 Å². The molecule has 1 fully saturated rings. The highest BCUT2D eigenvalue weighted by molar-refractivity contribution is 6.03. The van der Waals surface area contributed by atoms with Gasteiger partial charge in [0.05, 0.1) is 23.2 Å². The van der Waals surface area contributed by atoms with E-state index in [1.54, 1.807) is 30.3 Å². The highest BCUT2D eigenvalue weighted by Gasteiger charge is 2.66. The van der Waals surface area contributed by atoms with Crippen LogP contribution in [0.4, 0.5) is 19.7 Å². The first-order chi connectivity index (χ1) is 37.6. The highest BCUT2D eigenvalue weighted by Crippen LogP contribution is 2.62. The van der Waals surface area contributed by atoms with Crippen molar-refractivity contribution in [3.05, 3.63) is 154 Å². The number of nitrogens with zero attached hydrogens (tertiary/aromatic N) is 3. The smallest absolute Gasteiger partial charge is 0.416 e. The molecule has 3 aliphatic rings. The Labute approximate surface area is 452 Å². The summed E-state index contributed by atoms with van der Waals surface area (Å²) in [7, 11) is 0. The monoisotopic (exact) mass is 1060 g/mol. The molecule has 0 spiro atoms. The second kappa shape index (κ2) is 29.8. The summed E-state index contributed by atoms with van der Waals surface area (Å²) in [4.78, 5) is 47.4. The van der Waals surface area contributed by atoms with E-state index in [0.717, 1.165) is 42.4 Å². The van der Waals surface area contributed by atoms with Crippen molar-refractivity contribution < 1.29 is 52.9 Å². The number of halogens is 1. The second-order valence-corrected chi connectivity index (χ2v) is 20.4. The lowest BCUT2D eigenvalue weighted by Gasteiger charge is -2.59. The number of aliphatic hydroxyl groups is 2. The number of benzene rings is 4. The SMILES string of the molecule is C=CCO[C@@]12Oc3ccc(OC(=O)NCCCCCCCCCCCC)cc3[C@H]3[C@H](CCCCO)[C@@H](CCCCO)C=C(C(=NOCc4ccccc4)C[C@@H]1N(Cc1ccc(F)cc1)C(=O)Oc1ccc([N+](=O)[O-])cc1)[C@H]32. The zero-order valence-electron chi connectivity index (χ0n) is 44.5. The molecule has 2 amide bonds. The van der Waals surface area contributed by atoms with E-state index in [4.69, 9.17) is 28.9 Å². The van der Waals surface area contributed by atoms with E-state index in [-0.39, 0.29) is 62.7 Å². The van der Waals surface area contributed by atoms with Crippen molar-refractivity contribution in [3.8, 4) is 17.2 Å². The first-order valence-electron chi connectivity index (χ1n) is 27.8. The van der Waals surface area contributed by atoms with E-state index in [1.807, 2.05) is 36.4 Å². The van der Waals surface area contributed by atoms with Crippen LogP contribution in [-0.4, -0.2) is 76.1 Å². The van der Waals surface area contributed by atoms with Gasteiger partial charge in [0.2, 0.25) is 5.79 Å². The maximum Gasteiger partial charge on any atom is 0.416 e. The van der Waals surface area contributed by atoms with Gasteiger partial charge in [-0.25, -0.2) is 14.0 Å². The molecule has 16 heteroatoms.